The highest BCUT2D eigenvalue weighted by Gasteiger charge is 2.44. The summed E-state index contributed by atoms with van der Waals surface area (Å²) in [5.74, 6) is 1.04. The summed E-state index contributed by atoms with van der Waals surface area (Å²) in [5.41, 5.74) is 2.01. The molecule has 1 fully saturated rings. The number of piperidine rings is 1. The topological polar surface area (TPSA) is 87.1 Å². The summed E-state index contributed by atoms with van der Waals surface area (Å²) < 4.78 is 25.8. The van der Waals surface area contributed by atoms with Crippen LogP contribution in [0.25, 0.3) is 10.8 Å². The number of carbonyl (C=O) groups excluding carboxylic acids is 2. The van der Waals surface area contributed by atoms with Crippen LogP contribution >= 0.6 is 11.6 Å². The number of hydrogen-bond acceptors (Lipinski definition) is 5. The Hall–Kier alpha value is -2.71. The van der Waals surface area contributed by atoms with Gasteiger partial charge in [-0.25, -0.2) is 8.42 Å². The first-order valence-electron chi connectivity index (χ1n) is 12.3. The van der Waals surface area contributed by atoms with Gasteiger partial charge in [-0.05, 0) is 60.2 Å². The van der Waals surface area contributed by atoms with Crippen LogP contribution in [0, 0.1) is 11.8 Å². The molecule has 190 valence electrons. The van der Waals surface area contributed by atoms with Crippen LogP contribution in [0.15, 0.2) is 57.6 Å². The number of halogens is 1. The molecule has 1 amide bonds. The molecule has 0 spiro atoms. The van der Waals surface area contributed by atoms with E-state index in [1.807, 2.05) is 7.05 Å². The van der Waals surface area contributed by atoms with Crippen molar-refractivity contribution >= 4 is 49.7 Å². The zero-order valence-electron chi connectivity index (χ0n) is 20.5. The summed E-state index contributed by atoms with van der Waals surface area (Å²) in [7, 11) is 0.139. The second kappa shape index (κ2) is 9.63. The van der Waals surface area contributed by atoms with Gasteiger partial charge < -0.3 is 9.80 Å². The summed E-state index contributed by atoms with van der Waals surface area (Å²) in [4.78, 5) is 34.2. The van der Waals surface area contributed by atoms with Crippen LogP contribution in [-0.2, 0) is 19.4 Å². The number of amidine groups is 1. The van der Waals surface area contributed by atoms with Gasteiger partial charge in [0.25, 0.3) is 0 Å². The molecule has 1 unspecified atom stereocenters. The lowest BCUT2D eigenvalue weighted by Gasteiger charge is -2.35. The Morgan fingerprint density at radius 1 is 1.11 bits per heavy atom. The Morgan fingerprint density at radius 3 is 2.50 bits per heavy atom. The maximum absolute atomic E-state index is 13.1. The van der Waals surface area contributed by atoms with Gasteiger partial charge in [0.1, 0.15) is 5.84 Å². The highest BCUT2D eigenvalue weighted by Crippen LogP contribution is 2.43. The number of Topliss-reactive ketones (excluding diaryl/α,β-unsaturated/α-hetero) is 1. The van der Waals surface area contributed by atoms with Gasteiger partial charge in [-0.1, -0.05) is 23.7 Å². The lowest BCUT2D eigenvalue weighted by atomic mass is 9.81. The molecule has 36 heavy (non-hydrogen) atoms. The van der Waals surface area contributed by atoms with Crippen molar-refractivity contribution in [1.82, 2.24) is 9.80 Å². The van der Waals surface area contributed by atoms with Crippen molar-refractivity contribution in [3.63, 3.8) is 0 Å². The van der Waals surface area contributed by atoms with Crippen molar-refractivity contribution in [1.29, 1.82) is 0 Å². The van der Waals surface area contributed by atoms with Crippen molar-refractivity contribution in [3.8, 4) is 0 Å². The van der Waals surface area contributed by atoms with Crippen molar-refractivity contribution in [2.24, 2.45) is 16.8 Å². The monoisotopic (exact) mass is 527 g/mol. The molecule has 3 aliphatic rings. The number of fused-ring (bicyclic) bond motifs is 1. The fourth-order valence-corrected chi connectivity index (χ4v) is 7.24. The molecule has 2 aliphatic heterocycles. The van der Waals surface area contributed by atoms with Crippen LogP contribution < -0.4 is 0 Å². The molecule has 5 rings (SSSR count). The molecule has 0 radical (unpaired) electrons. The van der Waals surface area contributed by atoms with Crippen LogP contribution in [-0.4, -0.2) is 68.7 Å². The lowest BCUT2D eigenvalue weighted by Crippen LogP contribution is -2.41. The number of benzene rings is 2. The number of rotatable bonds is 5. The number of allylic oxidation sites excluding steroid dienone is 1. The highest BCUT2D eigenvalue weighted by molar-refractivity contribution is 7.91. The first-order chi connectivity index (χ1) is 17.2. The van der Waals surface area contributed by atoms with Crippen LogP contribution in [0.4, 0.5) is 0 Å². The number of amides is 1. The maximum atomic E-state index is 13.1. The third-order valence-electron chi connectivity index (χ3n) is 7.96. The average molecular weight is 528 g/mol. The summed E-state index contributed by atoms with van der Waals surface area (Å²) in [6.07, 6.45) is 2.85. The minimum absolute atomic E-state index is 0.0173. The predicted molar refractivity (Wildman–Crippen MR) is 141 cm³/mol. The lowest BCUT2D eigenvalue weighted by molar-refractivity contribution is -0.132. The molecule has 1 aliphatic carbocycles. The van der Waals surface area contributed by atoms with E-state index in [0.717, 1.165) is 47.1 Å². The van der Waals surface area contributed by atoms with Crippen molar-refractivity contribution < 1.29 is 18.0 Å². The smallest absolute Gasteiger partial charge is 0.223 e. The Balaban J connectivity index is 1.15. The largest absolute Gasteiger partial charge is 0.343 e. The van der Waals surface area contributed by atoms with Crippen molar-refractivity contribution in [3.05, 3.63) is 52.7 Å². The van der Waals surface area contributed by atoms with E-state index in [1.165, 1.54) is 0 Å². The van der Waals surface area contributed by atoms with E-state index in [-0.39, 0.29) is 40.6 Å². The number of sulfone groups is 1. The van der Waals surface area contributed by atoms with Gasteiger partial charge in [0, 0.05) is 62.2 Å². The number of likely N-dealkylation sites (tertiary alicyclic amines) is 2. The van der Waals surface area contributed by atoms with Crippen LogP contribution in [0.5, 0.6) is 0 Å². The molecule has 0 saturated carbocycles. The van der Waals surface area contributed by atoms with Crippen LogP contribution in [0.1, 0.15) is 32.1 Å². The molecule has 2 heterocycles. The molecule has 9 heteroatoms. The first kappa shape index (κ1) is 25.0. The second-order valence-electron chi connectivity index (χ2n) is 9.92. The van der Waals surface area contributed by atoms with Crippen LogP contribution in [0.2, 0.25) is 5.02 Å². The third kappa shape index (κ3) is 4.57. The van der Waals surface area contributed by atoms with Gasteiger partial charge in [-0.3, -0.25) is 14.6 Å². The number of ketones is 1. The van der Waals surface area contributed by atoms with E-state index in [2.05, 4.69) is 9.89 Å². The fourth-order valence-electron chi connectivity index (χ4n) is 5.80. The number of carbonyl (C=O) groups is 2. The highest BCUT2D eigenvalue weighted by atomic mass is 35.5. The van der Waals surface area contributed by atoms with E-state index in [1.54, 1.807) is 48.3 Å². The van der Waals surface area contributed by atoms with Gasteiger partial charge in [-0.15, -0.1) is 0 Å². The molecule has 1 atom stereocenters. The second-order valence-corrected chi connectivity index (χ2v) is 12.5. The van der Waals surface area contributed by atoms with Gasteiger partial charge in [0.2, 0.25) is 5.91 Å². The molecule has 0 aromatic heterocycles. The SMILES string of the molecule is C/N=C1\CC2=C(CC(C3CCN(C(=O)CCS(=O)(=O)c4ccc5cc(Cl)ccc5c4)CC3)C2=O)N1C. The summed E-state index contributed by atoms with van der Waals surface area (Å²) in [5, 5.41) is 2.25. The molecular formula is C27H30ClN3O4S. The van der Waals surface area contributed by atoms with E-state index < -0.39 is 9.84 Å². The van der Waals surface area contributed by atoms with Gasteiger partial charge in [0.05, 0.1) is 10.6 Å². The molecule has 0 N–H and O–H groups in total. The van der Waals surface area contributed by atoms with Gasteiger partial charge in [0.15, 0.2) is 15.6 Å². The molecular weight excluding hydrogens is 498 g/mol. The van der Waals surface area contributed by atoms with E-state index in [9.17, 15) is 18.0 Å². The van der Waals surface area contributed by atoms with Crippen molar-refractivity contribution in [2.75, 3.05) is 32.9 Å². The molecule has 2 aromatic rings. The number of hydrogen-bond donors (Lipinski definition) is 0. The van der Waals surface area contributed by atoms with Crippen molar-refractivity contribution in [2.45, 2.75) is 37.0 Å². The molecule has 7 nitrogen and oxygen atoms in total. The average Bonchev–Trinajstić information content (AvgIpc) is 3.37. The van der Waals surface area contributed by atoms with E-state index in [0.29, 0.717) is 24.5 Å². The molecule has 0 bridgehead atoms. The minimum atomic E-state index is -3.59. The Labute approximate surface area is 216 Å². The molecule has 1 saturated heterocycles. The predicted octanol–water partition coefficient (Wildman–Crippen LogP) is 4.10. The molecule has 2 aromatic carbocycles. The quantitative estimate of drug-likeness (QED) is 0.584. The summed E-state index contributed by atoms with van der Waals surface area (Å²) >= 11 is 6.01. The van der Waals surface area contributed by atoms with E-state index >= 15 is 0 Å². The number of aliphatic imine (C=N–C) groups is 1. The van der Waals surface area contributed by atoms with Crippen LogP contribution in [0.3, 0.4) is 0 Å². The Bertz CT molecular complexity index is 1410. The standard InChI is InChI=1S/C27H30ClN3O4S/c1-29-25-16-23-24(30(25)2)15-22(27(23)33)17-7-10-31(11-8-17)26(32)9-12-36(34,35)21-6-4-18-13-20(28)5-3-19(18)14-21/h3-6,13-14,17,22H,7-12,15-16H2,1-2H3/b29-25+. The normalized spacial score (nSPS) is 22.2. The zero-order valence-corrected chi connectivity index (χ0v) is 22.1. The summed E-state index contributed by atoms with van der Waals surface area (Å²) in [6, 6.07) is 10.3. The van der Waals surface area contributed by atoms with E-state index in [4.69, 9.17) is 11.6 Å². The fraction of sp³-hybridized carbons (Fsp3) is 0.444. The zero-order chi connectivity index (χ0) is 25.6. The third-order valence-corrected chi connectivity index (χ3v) is 9.91. The minimum Gasteiger partial charge on any atom is -0.343 e. The first-order valence-corrected chi connectivity index (χ1v) is 14.4. The van der Waals surface area contributed by atoms with Gasteiger partial charge in [-0.2, -0.15) is 0 Å². The Kier molecular flexibility index (Phi) is 6.68. The number of nitrogens with zero attached hydrogens (tertiary/aromatic N) is 3. The Morgan fingerprint density at radius 2 is 1.81 bits per heavy atom. The maximum Gasteiger partial charge on any atom is 0.223 e. The van der Waals surface area contributed by atoms with Gasteiger partial charge >= 0.3 is 0 Å². The summed E-state index contributed by atoms with van der Waals surface area (Å²) in [6.45, 7) is 1.12.